The van der Waals surface area contributed by atoms with Crippen molar-refractivity contribution in [1.82, 2.24) is 15.5 Å². The molecule has 0 spiro atoms. The second-order valence-electron chi connectivity index (χ2n) is 4.97. The van der Waals surface area contributed by atoms with Gasteiger partial charge in [-0.15, -0.1) is 0 Å². The predicted molar refractivity (Wildman–Crippen MR) is 92.5 cm³/mol. The summed E-state index contributed by atoms with van der Waals surface area (Å²) in [6.07, 6.45) is 5.46. The van der Waals surface area contributed by atoms with Crippen LogP contribution < -0.4 is 11.1 Å². The molecule has 0 aliphatic rings. The normalized spacial score (nSPS) is 11.8. The lowest BCUT2D eigenvalue weighted by atomic mass is 10.2. The second-order valence-corrected chi connectivity index (χ2v) is 4.97. The Hall–Kier alpha value is -3.68. The van der Waals surface area contributed by atoms with Crippen LogP contribution in [0.1, 0.15) is 17.5 Å². The van der Waals surface area contributed by atoms with Gasteiger partial charge in [0.2, 0.25) is 5.76 Å². The van der Waals surface area contributed by atoms with Crippen molar-refractivity contribution in [2.75, 3.05) is 0 Å². The van der Waals surface area contributed by atoms with Crippen LogP contribution in [0.2, 0.25) is 0 Å². The molecule has 0 unspecified atom stereocenters. The molecule has 0 aliphatic carbocycles. The highest BCUT2D eigenvalue weighted by Crippen LogP contribution is 2.19. The van der Waals surface area contributed by atoms with E-state index in [1.807, 2.05) is 30.3 Å². The van der Waals surface area contributed by atoms with Crippen LogP contribution in [0.4, 0.5) is 0 Å². The van der Waals surface area contributed by atoms with Crippen molar-refractivity contribution in [3.8, 4) is 11.5 Å². The largest absolute Gasteiger partial charge is 0.440 e. The maximum atomic E-state index is 12.2. The number of amides is 1. The number of aromatic nitrogens is 2. The third kappa shape index (κ3) is 4.20. The number of allylic oxidation sites excluding steroid dienone is 1. The third-order valence-electron chi connectivity index (χ3n) is 3.20. The predicted octanol–water partition coefficient (Wildman–Crippen LogP) is 2.38. The molecular formula is C17H17N5O3. The molecule has 0 saturated heterocycles. The lowest BCUT2D eigenvalue weighted by Crippen LogP contribution is -2.24. The summed E-state index contributed by atoms with van der Waals surface area (Å²) in [6.45, 7) is 0.480. The monoisotopic (exact) mass is 339 g/mol. The molecule has 0 aliphatic heterocycles. The van der Waals surface area contributed by atoms with Gasteiger partial charge in [-0.05, 0) is 5.56 Å². The molecule has 8 nitrogen and oxygen atoms in total. The summed E-state index contributed by atoms with van der Waals surface area (Å²) < 4.78 is 10.1. The molecule has 128 valence electrons. The van der Waals surface area contributed by atoms with Crippen LogP contribution in [0.5, 0.6) is 0 Å². The van der Waals surface area contributed by atoms with Gasteiger partial charge in [-0.1, -0.05) is 35.5 Å². The summed E-state index contributed by atoms with van der Waals surface area (Å²) >= 11 is 0. The van der Waals surface area contributed by atoms with Gasteiger partial charge in [-0.3, -0.25) is 9.79 Å². The Bertz CT molecular complexity index is 888. The number of aliphatic imine (C=N–C) groups is 1. The van der Waals surface area contributed by atoms with Crippen LogP contribution in [0.15, 0.2) is 74.8 Å². The average molecular weight is 339 g/mol. The van der Waals surface area contributed by atoms with Gasteiger partial charge < -0.3 is 20.0 Å². The Morgan fingerprint density at radius 1 is 1.32 bits per heavy atom. The van der Waals surface area contributed by atoms with Gasteiger partial charge in [0.25, 0.3) is 5.91 Å². The average Bonchev–Trinajstić information content (AvgIpc) is 3.33. The quantitative estimate of drug-likeness (QED) is 0.665. The maximum Gasteiger partial charge on any atom is 0.277 e. The zero-order chi connectivity index (χ0) is 17.5. The van der Waals surface area contributed by atoms with Crippen molar-refractivity contribution in [2.45, 2.75) is 6.54 Å². The van der Waals surface area contributed by atoms with Crippen molar-refractivity contribution in [2.24, 2.45) is 10.7 Å². The maximum absolute atomic E-state index is 12.2. The molecule has 3 aromatic rings. The Morgan fingerprint density at radius 3 is 2.88 bits per heavy atom. The van der Waals surface area contributed by atoms with Crippen LogP contribution in [-0.2, 0) is 6.54 Å². The first-order valence-electron chi connectivity index (χ1n) is 7.39. The Labute approximate surface area is 144 Å². The molecular weight excluding hydrogens is 322 g/mol. The number of hydrogen-bond donors (Lipinski definition) is 2. The molecule has 1 aromatic carbocycles. The Morgan fingerprint density at radius 2 is 2.16 bits per heavy atom. The summed E-state index contributed by atoms with van der Waals surface area (Å²) in [6, 6.07) is 11.2. The number of nitrogens with one attached hydrogen (secondary N) is 1. The molecule has 0 atom stereocenters. The second kappa shape index (κ2) is 7.73. The van der Waals surface area contributed by atoms with Gasteiger partial charge in [0, 0.05) is 19.9 Å². The summed E-state index contributed by atoms with van der Waals surface area (Å²) in [5, 5.41) is 6.31. The van der Waals surface area contributed by atoms with E-state index < -0.39 is 5.91 Å². The Kier molecular flexibility index (Phi) is 5.01. The van der Waals surface area contributed by atoms with Crippen molar-refractivity contribution < 1.29 is 15.2 Å². The summed E-state index contributed by atoms with van der Waals surface area (Å²) in [5.41, 5.74) is 7.01. The lowest BCUT2D eigenvalue weighted by Gasteiger charge is -2.02. The van der Waals surface area contributed by atoms with E-state index in [2.05, 4.69) is 20.4 Å². The molecule has 1 amide bonds. The van der Waals surface area contributed by atoms with E-state index in [-0.39, 0.29) is 7.12 Å². The molecule has 8 heteroatoms. The van der Waals surface area contributed by atoms with Crippen LogP contribution in [0, 0.1) is 0 Å². The van der Waals surface area contributed by atoms with E-state index in [4.69, 9.17) is 14.7 Å². The molecule has 3 rings (SSSR count). The highest BCUT2D eigenvalue weighted by atomic mass is 16.5. The number of carbonyl (C=O) groups is 1. The molecule has 0 saturated carbocycles. The number of oxazole rings is 1. The van der Waals surface area contributed by atoms with Gasteiger partial charge in [-0.2, -0.15) is 0 Å². The van der Waals surface area contributed by atoms with Crippen LogP contribution in [-0.4, -0.2) is 22.3 Å². The number of carbonyl (C=O) groups excluding carboxylic acids is 1. The first-order chi connectivity index (χ1) is 12.3. The lowest BCUT2D eigenvalue weighted by molar-refractivity contribution is 0.0959. The minimum absolute atomic E-state index is 0. The summed E-state index contributed by atoms with van der Waals surface area (Å²) in [5.74, 6) is 0.210. The zero-order valence-electron chi connectivity index (χ0n) is 13.1. The van der Waals surface area contributed by atoms with E-state index in [1.165, 1.54) is 31.1 Å². The van der Waals surface area contributed by atoms with Crippen molar-refractivity contribution >= 4 is 12.1 Å². The van der Waals surface area contributed by atoms with Crippen molar-refractivity contribution in [3.63, 3.8) is 0 Å². The fourth-order valence-electron chi connectivity index (χ4n) is 1.98. The minimum atomic E-state index is -0.475. The van der Waals surface area contributed by atoms with Crippen molar-refractivity contribution in [1.29, 1.82) is 0 Å². The number of rotatable bonds is 6. The van der Waals surface area contributed by atoms with E-state index in [9.17, 15) is 4.79 Å². The molecule has 0 radical (unpaired) electrons. The third-order valence-corrected chi connectivity index (χ3v) is 3.20. The number of benzene rings is 1. The van der Waals surface area contributed by atoms with Crippen LogP contribution in [0.25, 0.3) is 11.5 Å². The highest BCUT2D eigenvalue weighted by molar-refractivity contribution is 5.97. The van der Waals surface area contributed by atoms with Crippen molar-refractivity contribution in [3.05, 3.63) is 72.1 Å². The molecule has 3 N–H and O–H groups in total. The van der Waals surface area contributed by atoms with E-state index in [0.29, 0.717) is 23.8 Å². The molecule has 0 fully saturated rings. The minimum Gasteiger partial charge on any atom is -0.440 e. The molecule has 2 heterocycles. The smallest absolute Gasteiger partial charge is 0.277 e. The van der Waals surface area contributed by atoms with Gasteiger partial charge in [0.05, 0.1) is 18.4 Å². The van der Waals surface area contributed by atoms with E-state index in [1.54, 1.807) is 0 Å². The van der Waals surface area contributed by atoms with Gasteiger partial charge in [0.1, 0.15) is 0 Å². The Balaban J connectivity index is 0.00000243. The molecule has 2 aromatic heterocycles. The standard InChI is InChI=1S/C17H15N5O3.H2/c18-7-13(9-19-8-12-4-2-1-3-5-12)21-17(23)14-6-15(25-22-14)16-10-20-11-24-16;/h1-7,9-11H,8,18H2,(H,21,23);1H/b13-7+,19-9?;. The van der Waals surface area contributed by atoms with Gasteiger partial charge >= 0.3 is 0 Å². The molecule has 0 bridgehead atoms. The summed E-state index contributed by atoms with van der Waals surface area (Å²) in [7, 11) is 0. The molecule has 25 heavy (non-hydrogen) atoms. The zero-order valence-corrected chi connectivity index (χ0v) is 13.1. The fourth-order valence-corrected chi connectivity index (χ4v) is 1.98. The van der Waals surface area contributed by atoms with E-state index >= 15 is 0 Å². The SMILES string of the molecule is N/C=C(\C=NCc1ccccc1)NC(=O)c1cc(-c2cnco2)on1.[HH]. The topological polar surface area (TPSA) is 120 Å². The van der Waals surface area contributed by atoms with Gasteiger partial charge in [0.15, 0.2) is 17.8 Å². The van der Waals surface area contributed by atoms with Crippen LogP contribution >= 0.6 is 0 Å². The number of hydrogen-bond acceptors (Lipinski definition) is 7. The fraction of sp³-hybridized carbons (Fsp3) is 0.0588. The van der Waals surface area contributed by atoms with E-state index in [0.717, 1.165) is 5.56 Å². The number of nitrogens with zero attached hydrogens (tertiary/aromatic N) is 3. The van der Waals surface area contributed by atoms with Crippen LogP contribution in [0.3, 0.4) is 0 Å². The highest BCUT2D eigenvalue weighted by Gasteiger charge is 2.15. The first-order valence-corrected chi connectivity index (χ1v) is 7.39. The summed E-state index contributed by atoms with van der Waals surface area (Å²) in [4.78, 5) is 20.2. The number of nitrogens with two attached hydrogens (primary N) is 1. The van der Waals surface area contributed by atoms with Gasteiger partial charge in [-0.25, -0.2) is 4.98 Å². The first kappa shape index (κ1) is 16.2.